The van der Waals surface area contributed by atoms with E-state index in [1.165, 1.54) is 5.57 Å². The van der Waals surface area contributed by atoms with Gasteiger partial charge in [0.15, 0.2) is 0 Å². The quantitative estimate of drug-likeness (QED) is 0.538. The second-order valence-corrected chi connectivity index (χ2v) is 2.70. The average Bonchev–Trinajstić information content (AvgIpc) is 2.28. The van der Waals surface area contributed by atoms with Crippen molar-refractivity contribution in [1.29, 1.82) is 0 Å². The zero-order chi connectivity index (χ0) is 9.14. The summed E-state index contributed by atoms with van der Waals surface area (Å²) in [4.78, 5) is 9.87. The molecule has 0 aromatic rings. The Morgan fingerprint density at radius 2 is 2.25 bits per heavy atom. The van der Waals surface area contributed by atoms with Crippen molar-refractivity contribution in [2.75, 3.05) is 14.1 Å². The van der Waals surface area contributed by atoms with E-state index in [4.69, 9.17) is 0 Å². The van der Waals surface area contributed by atoms with Crippen LogP contribution in [-0.4, -0.2) is 31.5 Å². The molecule has 64 valence electrons. The van der Waals surface area contributed by atoms with E-state index in [0.29, 0.717) is 0 Å². The zero-order valence-electron chi connectivity index (χ0n) is 7.70. The number of nitrogens with zero attached hydrogens (tertiary/aromatic N) is 3. The Morgan fingerprint density at radius 1 is 1.58 bits per heavy atom. The van der Waals surface area contributed by atoms with Gasteiger partial charge in [-0.1, -0.05) is 0 Å². The van der Waals surface area contributed by atoms with Crippen LogP contribution in [0.2, 0.25) is 0 Å². The van der Waals surface area contributed by atoms with Gasteiger partial charge in [-0.15, -0.1) is 0 Å². The Balaban J connectivity index is 3.08. The van der Waals surface area contributed by atoms with Crippen molar-refractivity contribution in [3.8, 4) is 0 Å². The van der Waals surface area contributed by atoms with E-state index in [2.05, 4.69) is 16.7 Å². The molecule has 0 bridgehead atoms. The number of amidine groups is 1. The van der Waals surface area contributed by atoms with E-state index >= 15 is 0 Å². The molecule has 1 heterocycles. The minimum Gasteiger partial charge on any atom is -0.336 e. The standard InChI is InChI=1S/C9H13N3/c1-7-6-12(4)9(11-3)8(7)5-10-2/h5-6H,2H2,1,3-4H3/b8-5-,11-9?. The Bertz CT molecular complexity index is 284. The Hall–Kier alpha value is -1.38. The van der Waals surface area contributed by atoms with Gasteiger partial charge >= 0.3 is 0 Å². The second-order valence-electron chi connectivity index (χ2n) is 2.70. The monoisotopic (exact) mass is 163 g/mol. The first-order valence-corrected chi connectivity index (χ1v) is 3.75. The molecule has 0 radical (unpaired) electrons. The highest BCUT2D eigenvalue weighted by atomic mass is 15.2. The summed E-state index contributed by atoms with van der Waals surface area (Å²) >= 11 is 0. The van der Waals surface area contributed by atoms with Gasteiger partial charge in [0, 0.05) is 32.1 Å². The summed E-state index contributed by atoms with van der Waals surface area (Å²) < 4.78 is 0. The topological polar surface area (TPSA) is 28.0 Å². The van der Waals surface area contributed by atoms with Crippen LogP contribution in [-0.2, 0) is 0 Å². The van der Waals surface area contributed by atoms with Gasteiger partial charge in [0.1, 0.15) is 5.84 Å². The van der Waals surface area contributed by atoms with Crippen LogP contribution in [0.1, 0.15) is 6.92 Å². The van der Waals surface area contributed by atoms with Crippen LogP contribution in [0, 0.1) is 0 Å². The van der Waals surface area contributed by atoms with Crippen molar-refractivity contribution in [1.82, 2.24) is 4.90 Å². The average molecular weight is 163 g/mol. The predicted octanol–water partition coefficient (Wildman–Crippen LogP) is 1.45. The third kappa shape index (κ3) is 1.30. The molecule has 0 amide bonds. The van der Waals surface area contributed by atoms with Crippen molar-refractivity contribution < 1.29 is 0 Å². The first-order chi connectivity index (χ1) is 5.70. The minimum absolute atomic E-state index is 0.944. The number of hydrogen-bond acceptors (Lipinski definition) is 2. The summed E-state index contributed by atoms with van der Waals surface area (Å²) in [6.07, 6.45) is 3.76. The van der Waals surface area contributed by atoms with Crippen LogP contribution < -0.4 is 0 Å². The Kier molecular flexibility index (Phi) is 2.43. The first-order valence-electron chi connectivity index (χ1n) is 3.75. The van der Waals surface area contributed by atoms with E-state index in [1.807, 2.05) is 25.1 Å². The molecular formula is C9H13N3. The molecule has 0 aliphatic carbocycles. The maximum Gasteiger partial charge on any atom is 0.136 e. The summed E-state index contributed by atoms with van der Waals surface area (Å²) in [5, 5.41) is 0. The van der Waals surface area contributed by atoms with Crippen LogP contribution in [0.3, 0.4) is 0 Å². The normalized spacial score (nSPS) is 23.6. The van der Waals surface area contributed by atoms with E-state index < -0.39 is 0 Å². The molecule has 0 atom stereocenters. The number of likely N-dealkylation sites (N-methyl/N-ethyl adjacent to an activating group) is 1. The largest absolute Gasteiger partial charge is 0.336 e. The molecule has 0 spiro atoms. The summed E-state index contributed by atoms with van der Waals surface area (Å²) in [7, 11) is 3.74. The number of hydrogen-bond donors (Lipinski definition) is 0. The minimum atomic E-state index is 0.944. The third-order valence-corrected chi connectivity index (χ3v) is 1.82. The van der Waals surface area contributed by atoms with Gasteiger partial charge in [-0.2, -0.15) is 0 Å². The van der Waals surface area contributed by atoms with Crippen LogP contribution in [0.4, 0.5) is 0 Å². The van der Waals surface area contributed by atoms with Crippen LogP contribution >= 0.6 is 0 Å². The molecule has 1 aliphatic rings. The molecule has 3 heteroatoms. The molecular weight excluding hydrogens is 150 g/mol. The number of aliphatic imine (C=N–C) groups is 2. The fourth-order valence-electron chi connectivity index (χ4n) is 1.32. The highest BCUT2D eigenvalue weighted by Gasteiger charge is 2.18. The highest BCUT2D eigenvalue weighted by Crippen LogP contribution is 2.21. The van der Waals surface area contributed by atoms with Gasteiger partial charge in [-0.25, -0.2) is 0 Å². The Morgan fingerprint density at radius 3 is 2.75 bits per heavy atom. The molecule has 0 fully saturated rings. The maximum absolute atomic E-state index is 4.15. The highest BCUT2D eigenvalue weighted by molar-refractivity contribution is 6.05. The molecule has 0 saturated heterocycles. The second kappa shape index (κ2) is 3.34. The Labute approximate surface area is 72.8 Å². The lowest BCUT2D eigenvalue weighted by Crippen LogP contribution is -2.16. The molecule has 0 aromatic heterocycles. The molecule has 0 N–H and O–H groups in total. The predicted molar refractivity (Wildman–Crippen MR) is 52.5 cm³/mol. The summed E-state index contributed by atoms with van der Waals surface area (Å²) in [5.41, 5.74) is 2.22. The number of rotatable bonds is 1. The molecule has 1 rings (SSSR count). The van der Waals surface area contributed by atoms with Gasteiger partial charge in [-0.05, 0) is 19.2 Å². The smallest absolute Gasteiger partial charge is 0.136 e. The molecule has 12 heavy (non-hydrogen) atoms. The molecule has 0 unspecified atom stereocenters. The van der Waals surface area contributed by atoms with Gasteiger partial charge in [0.05, 0.1) is 0 Å². The van der Waals surface area contributed by atoms with E-state index in [9.17, 15) is 0 Å². The van der Waals surface area contributed by atoms with E-state index in [0.717, 1.165) is 11.4 Å². The van der Waals surface area contributed by atoms with Gasteiger partial charge in [-0.3, -0.25) is 9.98 Å². The molecule has 0 saturated carbocycles. The summed E-state index contributed by atoms with van der Waals surface area (Å²) in [6.45, 7) is 5.46. The SMILES string of the molecule is C=N/C=C1/C(C)=CN(C)C1=NC. The van der Waals surface area contributed by atoms with Gasteiger partial charge in [0.2, 0.25) is 0 Å². The van der Waals surface area contributed by atoms with Crippen molar-refractivity contribution in [2.45, 2.75) is 6.92 Å². The van der Waals surface area contributed by atoms with Crippen molar-refractivity contribution >= 4 is 12.6 Å². The van der Waals surface area contributed by atoms with Crippen LogP contribution in [0.5, 0.6) is 0 Å². The lowest BCUT2D eigenvalue weighted by atomic mass is 10.1. The van der Waals surface area contributed by atoms with Crippen molar-refractivity contribution in [3.05, 3.63) is 23.5 Å². The van der Waals surface area contributed by atoms with Crippen LogP contribution in [0.25, 0.3) is 0 Å². The van der Waals surface area contributed by atoms with Gasteiger partial charge < -0.3 is 4.90 Å². The molecule has 0 aromatic carbocycles. The zero-order valence-corrected chi connectivity index (χ0v) is 7.70. The third-order valence-electron chi connectivity index (χ3n) is 1.82. The lowest BCUT2D eigenvalue weighted by Gasteiger charge is -2.08. The van der Waals surface area contributed by atoms with Gasteiger partial charge in [0.25, 0.3) is 0 Å². The fourth-order valence-corrected chi connectivity index (χ4v) is 1.32. The maximum atomic E-state index is 4.15. The van der Waals surface area contributed by atoms with Crippen molar-refractivity contribution in [3.63, 3.8) is 0 Å². The van der Waals surface area contributed by atoms with E-state index in [-0.39, 0.29) is 0 Å². The van der Waals surface area contributed by atoms with Crippen LogP contribution in [0.15, 0.2) is 33.5 Å². The summed E-state index contributed by atoms with van der Waals surface area (Å²) in [5.74, 6) is 0.944. The van der Waals surface area contributed by atoms with E-state index in [1.54, 1.807) is 13.2 Å². The molecule has 1 aliphatic heterocycles. The first kappa shape index (κ1) is 8.71. The van der Waals surface area contributed by atoms with Crippen molar-refractivity contribution in [2.24, 2.45) is 9.98 Å². The molecule has 3 nitrogen and oxygen atoms in total. The lowest BCUT2D eigenvalue weighted by molar-refractivity contribution is 0.701. The summed E-state index contributed by atoms with van der Waals surface area (Å²) in [6, 6.07) is 0. The fraction of sp³-hybridized carbons (Fsp3) is 0.333.